The van der Waals surface area contributed by atoms with Crippen LogP contribution in [-0.4, -0.2) is 38.0 Å². The zero-order valence-corrected chi connectivity index (χ0v) is 18.9. The molecule has 0 aliphatic carbocycles. The lowest BCUT2D eigenvalue weighted by molar-refractivity contribution is -0.126. The molecule has 0 aromatic heterocycles. The van der Waals surface area contributed by atoms with Gasteiger partial charge in [0.25, 0.3) is 5.91 Å². The van der Waals surface area contributed by atoms with Gasteiger partial charge in [-0.15, -0.1) is 0 Å². The summed E-state index contributed by atoms with van der Waals surface area (Å²) in [6, 6.07) is 10.6. The van der Waals surface area contributed by atoms with Crippen LogP contribution in [0.15, 0.2) is 36.4 Å². The normalized spacial score (nSPS) is 15.4. The Labute approximate surface area is 187 Å². The number of aryl methyl sites for hydroxylation is 1. The molecule has 1 fully saturated rings. The molecule has 2 N–H and O–H groups in total. The van der Waals surface area contributed by atoms with Crippen LogP contribution < -0.4 is 25.2 Å². The highest BCUT2D eigenvalue weighted by Crippen LogP contribution is 2.30. The predicted octanol–water partition coefficient (Wildman–Crippen LogP) is 2.91. The first kappa shape index (κ1) is 23.1. The molecule has 1 atom stereocenters. The first-order valence-corrected chi connectivity index (χ1v) is 10.6. The van der Waals surface area contributed by atoms with E-state index in [1.54, 1.807) is 23.1 Å². The first-order chi connectivity index (χ1) is 15.3. The van der Waals surface area contributed by atoms with Crippen LogP contribution in [0.4, 0.5) is 5.69 Å². The molecule has 3 rings (SSSR count). The van der Waals surface area contributed by atoms with Crippen LogP contribution in [0, 0.1) is 19.8 Å². The maximum absolute atomic E-state index is 12.6. The number of anilines is 1. The molecule has 1 heterocycles. The number of nitrogens with zero attached hydrogens (tertiary/aromatic N) is 1. The first-order valence-electron chi connectivity index (χ1n) is 10.6. The van der Waals surface area contributed by atoms with Gasteiger partial charge in [0.05, 0.1) is 19.6 Å². The van der Waals surface area contributed by atoms with Crippen LogP contribution in [0.3, 0.4) is 0 Å². The molecule has 3 amide bonds. The van der Waals surface area contributed by atoms with E-state index in [4.69, 9.17) is 9.47 Å². The van der Waals surface area contributed by atoms with Crippen LogP contribution >= 0.6 is 0 Å². The van der Waals surface area contributed by atoms with E-state index in [0.717, 1.165) is 23.2 Å². The molecule has 0 saturated carbocycles. The number of nitrogens with one attached hydrogen (secondary N) is 2. The molecule has 8 heteroatoms. The summed E-state index contributed by atoms with van der Waals surface area (Å²) >= 11 is 0. The largest absolute Gasteiger partial charge is 0.493 e. The summed E-state index contributed by atoms with van der Waals surface area (Å²) < 4.78 is 10.9. The number of carbonyl (C=O) groups excluding carboxylic acids is 3. The van der Waals surface area contributed by atoms with E-state index in [1.807, 2.05) is 39.0 Å². The van der Waals surface area contributed by atoms with Crippen LogP contribution in [0.2, 0.25) is 0 Å². The number of hydrazine groups is 1. The van der Waals surface area contributed by atoms with Gasteiger partial charge < -0.3 is 14.4 Å². The van der Waals surface area contributed by atoms with Crippen LogP contribution in [0.1, 0.15) is 41.3 Å². The molecular formula is C24H29N3O5. The van der Waals surface area contributed by atoms with Gasteiger partial charge in [-0.3, -0.25) is 25.2 Å². The zero-order valence-electron chi connectivity index (χ0n) is 18.9. The van der Waals surface area contributed by atoms with Gasteiger partial charge in [0.15, 0.2) is 11.5 Å². The van der Waals surface area contributed by atoms with Gasteiger partial charge in [-0.05, 0) is 55.7 Å². The van der Waals surface area contributed by atoms with Gasteiger partial charge in [-0.25, -0.2) is 0 Å². The Kier molecular flexibility index (Phi) is 7.35. The maximum Gasteiger partial charge on any atom is 0.269 e. The van der Waals surface area contributed by atoms with Crippen molar-refractivity contribution in [3.8, 4) is 11.5 Å². The second kappa shape index (κ2) is 10.2. The van der Waals surface area contributed by atoms with Gasteiger partial charge in [0.1, 0.15) is 0 Å². The van der Waals surface area contributed by atoms with Crippen molar-refractivity contribution in [1.82, 2.24) is 10.9 Å². The highest BCUT2D eigenvalue weighted by atomic mass is 16.5. The fraction of sp³-hybridized carbons (Fsp3) is 0.375. The molecule has 0 radical (unpaired) electrons. The van der Waals surface area contributed by atoms with E-state index in [1.165, 1.54) is 7.11 Å². The standard InChI is InChI=1S/C24H29N3O5/c1-5-11-32-20-10-9-17(12-21(20)31-4)23(29)25-26-24(30)18-13-22(28)27(14-18)19-8-6-7-15(2)16(19)3/h6-10,12,18H,5,11,13-14H2,1-4H3,(H,25,29)(H,26,30). The SMILES string of the molecule is CCCOc1ccc(C(=O)NNC(=O)C2CC(=O)N(c3cccc(C)c3C)C2)cc1OC. The lowest BCUT2D eigenvalue weighted by atomic mass is 10.1. The van der Waals surface area contributed by atoms with Gasteiger partial charge in [0.2, 0.25) is 11.8 Å². The molecule has 1 unspecified atom stereocenters. The zero-order chi connectivity index (χ0) is 23.3. The second-order valence-corrected chi connectivity index (χ2v) is 7.78. The summed E-state index contributed by atoms with van der Waals surface area (Å²) in [4.78, 5) is 39.2. The van der Waals surface area contributed by atoms with Crippen LogP contribution in [-0.2, 0) is 9.59 Å². The molecule has 2 aromatic rings. The van der Waals surface area contributed by atoms with Crippen LogP contribution in [0.5, 0.6) is 11.5 Å². The van der Waals surface area contributed by atoms with Crippen molar-refractivity contribution in [2.45, 2.75) is 33.6 Å². The van der Waals surface area contributed by atoms with Crippen molar-refractivity contribution in [3.05, 3.63) is 53.1 Å². The predicted molar refractivity (Wildman–Crippen MR) is 121 cm³/mol. The van der Waals surface area contributed by atoms with Gasteiger partial charge in [0, 0.05) is 24.2 Å². The molecule has 0 bridgehead atoms. The Morgan fingerprint density at radius 3 is 2.62 bits per heavy atom. The van der Waals surface area contributed by atoms with Crippen molar-refractivity contribution >= 4 is 23.4 Å². The summed E-state index contributed by atoms with van der Waals surface area (Å²) in [5.74, 6) is -0.586. The third-order valence-corrected chi connectivity index (χ3v) is 5.55. The number of benzene rings is 2. The molecule has 0 spiro atoms. The third kappa shape index (κ3) is 5.01. The Balaban J connectivity index is 1.60. The third-order valence-electron chi connectivity index (χ3n) is 5.55. The molecule has 2 aromatic carbocycles. The van der Waals surface area contributed by atoms with Crippen molar-refractivity contribution in [3.63, 3.8) is 0 Å². The van der Waals surface area contributed by atoms with Gasteiger partial charge in [-0.1, -0.05) is 19.1 Å². The van der Waals surface area contributed by atoms with E-state index in [0.29, 0.717) is 23.7 Å². The number of methoxy groups -OCH3 is 1. The lowest BCUT2D eigenvalue weighted by Gasteiger charge is -2.20. The van der Waals surface area contributed by atoms with E-state index < -0.39 is 17.7 Å². The Morgan fingerprint density at radius 2 is 1.91 bits per heavy atom. The topological polar surface area (TPSA) is 97.0 Å². The molecule has 8 nitrogen and oxygen atoms in total. The Hall–Kier alpha value is -3.55. The average molecular weight is 440 g/mol. The molecule has 1 saturated heterocycles. The number of ether oxygens (including phenoxy) is 2. The van der Waals surface area contributed by atoms with E-state index >= 15 is 0 Å². The summed E-state index contributed by atoms with van der Waals surface area (Å²) in [5.41, 5.74) is 8.07. The van der Waals surface area contributed by atoms with Crippen LogP contribution in [0.25, 0.3) is 0 Å². The monoisotopic (exact) mass is 439 g/mol. The Bertz CT molecular complexity index is 1020. The molecule has 1 aliphatic rings. The quantitative estimate of drug-likeness (QED) is 0.647. The Morgan fingerprint density at radius 1 is 1.12 bits per heavy atom. The summed E-state index contributed by atoms with van der Waals surface area (Å²) in [7, 11) is 1.50. The van der Waals surface area contributed by atoms with Crippen molar-refractivity contribution in [2.75, 3.05) is 25.2 Å². The van der Waals surface area contributed by atoms with Gasteiger partial charge >= 0.3 is 0 Å². The highest BCUT2D eigenvalue weighted by molar-refractivity contribution is 6.01. The van der Waals surface area contributed by atoms with Crippen molar-refractivity contribution in [1.29, 1.82) is 0 Å². The second-order valence-electron chi connectivity index (χ2n) is 7.78. The summed E-state index contributed by atoms with van der Waals surface area (Å²) in [6.45, 7) is 6.74. The van der Waals surface area contributed by atoms with Crippen molar-refractivity contribution < 1.29 is 23.9 Å². The number of hydrogen-bond donors (Lipinski definition) is 2. The molecule has 1 aliphatic heterocycles. The van der Waals surface area contributed by atoms with Gasteiger partial charge in [-0.2, -0.15) is 0 Å². The molecular weight excluding hydrogens is 410 g/mol. The van der Waals surface area contributed by atoms with E-state index in [9.17, 15) is 14.4 Å². The minimum atomic E-state index is -0.554. The number of carbonyl (C=O) groups is 3. The average Bonchev–Trinajstić information content (AvgIpc) is 3.18. The van der Waals surface area contributed by atoms with E-state index in [-0.39, 0.29) is 18.9 Å². The van der Waals surface area contributed by atoms with Crippen molar-refractivity contribution in [2.24, 2.45) is 5.92 Å². The fourth-order valence-corrected chi connectivity index (χ4v) is 3.58. The summed E-state index contributed by atoms with van der Waals surface area (Å²) in [5, 5.41) is 0. The maximum atomic E-state index is 12.6. The summed E-state index contributed by atoms with van der Waals surface area (Å²) in [6.07, 6.45) is 0.939. The smallest absolute Gasteiger partial charge is 0.269 e. The van der Waals surface area contributed by atoms with E-state index in [2.05, 4.69) is 10.9 Å². The lowest BCUT2D eigenvalue weighted by Crippen LogP contribution is -2.45. The fourth-order valence-electron chi connectivity index (χ4n) is 3.58. The molecule has 170 valence electrons. The molecule has 32 heavy (non-hydrogen) atoms. The number of hydrogen-bond acceptors (Lipinski definition) is 5. The number of rotatable bonds is 7. The highest BCUT2D eigenvalue weighted by Gasteiger charge is 2.36. The minimum absolute atomic E-state index is 0.0897. The number of amides is 3. The minimum Gasteiger partial charge on any atom is -0.493 e.